The van der Waals surface area contributed by atoms with Gasteiger partial charge in [-0.05, 0) is 32.9 Å². The largest absolute Gasteiger partial charge is 0.419 e. The van der Waals surface area contributed by atoms with E-state index in [1.165, 1.54) is 5.56 Å². The molecule has 0 aliphatic carbocycles. The van der Waals surface area contributed by atoms with Crippen LogP contribution in [0.5, 0.6) is 0 Å². The molecule has 0 amide bonds. The molecule has 2 heterocycles. The van der Waals surface area contributed by atoms with Crippen molar-refractivity contribution < 1.29 is 4.42 Å². The maximum atomic E-state index is 5.81. The molecule has 0 bridgehead atoms. The summed E-state index contributed by atoms with van der Waals surface area (Å²) in [4.78, 5) is 4.36. The molecule has 3 rings (SSSR count). The lowest BCUT2D eigenvalue weighted by molar-refractivity contribution is 0.508. The van der Waals surface area contributed by atoms with Gasteiger partial charge in [0.15, 0.2) is 5.16 Å². The highest BCUT2D eigenvalue weighted by Gasteiger charge is 2.18. The van der Waals surface area contributed by atoms with Crippen molar-refractivity contribution in [3.63, 3.8) is 0 Å². The van der Waals surface area contributed by atoms with Gasteiger partial charge in [0.2, 0.25) is 11.8 Å². The first-order valence-electron chi connectivity index (χ1n) is 7.25. The van der Waals surface area contributed by atoms with E-state index >= 15 is 0 Å². The predicted molar refractivity (Wildman–Crippen MR) is 86.6 cm³/mol. The predicted octanol–water partition coefficient (Wildman–Crippen LogP) is 4.11. The van der Waals surface area contributed by atoms with Crippen molar-refractivity contribution in [3.8, 4) is 11.5 Å². The minimum Gasteiger partial charge on any atom is -0.419 e. The van der Waals surface area contributed by atoms with Gasteiger partial charge in [0.1, 0.15) is 0 Å². The zero-order valence-electron chi connectivity index (χ0n) is 12.9. The van der Waals surface area contributed by atoms with Crippen molar-refractivity contribution in [2.75, 3.05) is 0 Å². The second-order valence-electron chi connectivity index (χ2n) is 5.07. The summed E-state index contributed by atoms with van der Waals surface area (Å²) in [6.07, 6.45) is 3.78. The first kappa shape index (κ1) is 14.8. The molecule has 3 aromatic rings. The van der Waals surface area contributed by atoms with E-state index in [1.54, 1.807) is 11.8 Å². The Balaban J connectivity index is 1.77. The van der Waals surface area contributed by atoms with Gasteiger partial charge in [0.25, 0.3) is 0 Å². The fraction of sp³-hybridized carbons (Fsp3) is 0.312. The molecule has 1 unspecified atom stereocenters. The topological polar surface area (TPSA) is 56.7 Å². The van der Waals surface area contributed by atoms with Crippen LogP contribution in [0.15, 0.2) is 46.2 Å². The van der Waals surface area contributed by atoms with Crippen molar-refractivity contribution in [2.24, 2.45) is 0 Å². The van der Waals surface area contributed by atoms with E-state index in [0.29, 0.717) is 11.8 Å². The van der Waals surface area contributed by atoms with Gasteiger partial charge < -0.3 is 8.98 Å². The molecule has 6 heteroatoms. The molecule has 2 aromatic heterocycles. The Kier molecular flexibility index (Phi) is 4.29. The molecule has 114 valence electrons. The van der Waals surface area contributed by atoms with Crippen LogP contribution in [0.1, 0.15) is 30.6 Å². The van der Waals surface area contributed by atoms with Crippen molar-refractivity contribution >= 4 is 11.8 Å². The Labute approximate surface area is 133 Å². The maximum absolute atomic E-state index is 5.81. The molecule has 5 nitrogen and oxygen atoms in total. The number of imidazole rings is 1. The van der Waals surface area contributed by atoms with E-state index in [2.05, 4.69) is 33.6 Å². The first-order chi connectivity index (χ1) is 10.7. The molecule has 0 fully saturated rings. The third-order valence-electron chi connectivity index (χ3n) is 3.39. The number of rotatable bonds is 5. The minimum atomic E-state index is 0.0550. The van der Waals surface area contributed by atoms with Crippen molar-refractivity contribution in [1.82, 2.24) is 19.7 Å². The Hall–Kier alpha value is -2.08. The molecule has 22 heavy (non-hydrogen) atoms. The summed E-state index contributed by atoms with van der Waals surface area (Å²) in [5.74, 6) is 1.17. The van der Waals surface area contributed by atoms with Gasteiger partial charge in [-0.2, -0.15) is 0 Å². The number of benzene rings is 1. The Morgan fingerprint density at radius 2 is 2.00 bits per heavy atom. The second kappa shape index (κ2) is 6.36. The number of hydrogen-bond acceptors (Lipinski definition) is 5. The lowest BCUT2D eigenvalue weighted by Crippen LogP contribution is -1.97. The third kappa shape index (κ3) is 3.06. The van der Waals surface area contributed by atoms with Gasteiger partial charge in [0.05, 0.1) is 5.25 Å². The van der Waals surface area contributed by atoms with Crippen LogP contribution < -0.4 is 0 Å². The highest BCUT2D eigenvalue weighted by molar-refractivity contribution is 7.99. The van der Waals surface area contributed by atoms with E-state index in [0.717, 1.165) is 17.3 Å². The standard InChI is InChI=1S/C16H18N4OS/c1-4-20-10-9-17-16(20)22-12(3)14-18-19-15(21-14)13-7-5-11(2)6-8-13/h5-10,12H,4H2,1-3H3. The molecule has 0 N–H and O–H groups in total. The fourth-order valence-corrected chi connectivity index (χ4v) is 3.03. The molecule has 0 saturated heterocycles. The Morgan fingerprint density at radius 3 is 2.73 bits per heavy atom. The van der Waals surface area contributed by atoms with Crippen LogP contribution in [-0.2, 0) is 6.54 Å². The highest BCUT2D eigenvalue weighted by atomic mass is 32.2. The van der Waals surface area contributed by atoms with Gasteiger partial charge in [0, 0.05) is 24.5 Å². The zero-order valence-corrected chi connectivity index (χ0v) is 13.7. The van der Waals surface area contributed by atoms with Crippen molar-refractivity contribution in [3.05, 3.63) is 48.1 Å². The lowest BCUT2D eigenvalue weighted by Gasteiger charge is -2.07. The van der Waals surface area contributed by atoms with Gasteiger partial charge in [-0.25, -0.2) is 4.98 Å². The maximum Gasteiger partial charge on any atom is 0.247 e. The van der Waals surface area contributed by atoms with E-state index in [1.807, 2.05) is 43.6 Å². The number of nitrogens with zero attached hydrogens (tertiary/aromatic N) is 4. The lowest BCUT2D eigenvalue weighted by atomic mass is 10.1. The van der Waals surface area contributed by atoms with Crippen molar-refractivity contribution in [2.45, 2.75) is 37.7 Å². The summed E-state index contributed by atoms with van der Waals surface area (Å²) >= 11 is 1.62. The van der Waals surface area contributed by atoms with Crippen LogP contribution in [0.4, 0.5) is 0 Å². The molecular weight excluding hydrogens is 296 g/mol. The smallest absolute Gasteiger partial charge is 0.247 e. The highest BCUT2D eigenvalue weighted by Crippen LogP contribution is 2.34. The van der Waals surface area contributed by atoms with Crippen molar-refractivity contribution in [1.29, 1.82) is 0 Å². The number of thioether (sulfide) groups is 1. The molecule has 0 spiro atoms. The van der Waals surface area contributed by atoms with Gasteiger partial charge in [-0.1, -0.05) is 29.5 Å². The molecule has 1 atom stereocenters. The van der Waals surface area contributed by atoms with Gasteiger partial charge in [-0.3, -0.25) is 0 Å². The monoisotopic (exact) mass is 314 g/mol. The second-order valence-corrected chi connectivity index (χ2v) is 6.38. The number of aryl methyl sites for hydroxylation is 2. The van der Waals surface area contributed by atoms with E-state index in [9.17, 15) is 0 Å². The Morgan fingerprint density at radius 1 is 1.23 bits per heavy atom. The molecule has 1 aromatic carbocycles. The van der Waals surface area contributed by atoms with Crippen LogP contribution in [0, 0.1) is 6.92 Å². The van der Waals surface area contributed by atoms with Crippen LogP contribution >= 0.6 is 11.8 Å². The minimum absolute atomic E-state index is 0.0550. The quantitative estimate of drug-likeness (QED) is 0.663. The van der Waals surface area contributed by atoms with E-state index < -0.39 is 0 Å². The van der Waals surface area contributed by atoms with Gasteiger partial charge in [-0.15, -0.1) is 10.2 Å². The molecule has 0 aliphatic heterocycles. The molecule has 0 saturated carbocycles. The van der Waals surface area contributed by atoms with Crippen LogP contribution in [0.25, 0.3) is 11.5 Å². The van der Waals surface area contributed by atoms with Crippen LogP contribution in [-0.4, -0.2) is 19.7 Å². The van der Waals surface area contributed by atoms with E-state index in [-0.39, 0.29) is 5.25 Å². The summed E-state index contributed by atoms with van der Waals surface area (Å²) in [7, 11) is 0. The number of hydrogen-bond donors (Lipinski definition) is 0. The van der Waals surface area contributed by atoms with Gasteiger partial charge >= 0.3 is 0 Å². The summed E-state index contributed by atoms with van der Waals surface area (Å²) in [5, 5.41) is 9.35. The average molecular weight is 314 g/mol. The average Bonchev–Trinajstić information content (AvgIpc) is 3.16. The first-order valence-corrected chi connectivity index (χ1v) is 8.13. The fourth-order valence-electron chi connectivity index (χ4n) is 2.07. The van der Waals surface area contributed by atoms with E-state index in [4.69, 9.17) is 4.42 Å². The summed E-state index contributed by atoms with van der Waals surface area (Å²) in [6.45, 7) is 7.09. The molecular formula is C16H18N4OS. The van der Waals surface area contributed by atoms with Crippen LogP contribution in [0.3, 0.4) is 0 Å². The normalized spacial score (nSPS) is 12.5. The SMILES string of the molecule is CCn1ccnc1SC(C)c1nnc(-c2ccc(C)cc2)o1. The molecule has 0 aliphatic rings. The summed E-state index contributed by atoms with van der Waals surface area (Å²) in [6, 6.07) is 8.06. The molecule has 0 radical (unpaired) electrons. The third-order valence-corrected chi connectivity index (χ3v) is 4.49. The number of aromatic nitrogens is 4. The summed E-state index contributed by atoms with van der Waals surface area (Å²) < 4.78 is 7.91. The zero-order chi connectivity index (χ0) is 15.5. The summed E-state index contributed by atoms with van der Waals surface area (Å²) in [5.41, 5.74) is 2.15. The Bertz CT molecular complexity index is 748. The van der Waals surface area contributed by atoms with Crippen LogP contribution in [0.2, 0.25) is 0 Å².